The zero-order valence-corrected chi connectivity index (χ0v) is 12.2. The molecule has 6 heteroatoms. The maximum absolute atomic E-state index is 13.6. The van der Waals surface area contributed by atoms with Crippen molar-refractivity contribution in [2.45, 2.75) is 26.8 Å². The van der Waals surface area contributed by atoms with Crippen LogP contribution in [0.2, 0.25) is 0 Å². The number of hydrogen-bond acceptors (Lipinski definition) is 4. The molecule has 2 rings (SSSR count). The molecule has 1 aromatic carbocycles. The molecular weight excluding hydrogens is 279 g/mol. The van der Waals surface area contributed by atoms with Gasteiger partial charge in [0.15, 0.2) is 0 Å². The van der Waals surface area contributed by atoms with E-state index in [1.165, 1.54) is 23.5 Å². The highest BCUT2D eigenvalue weighted by Crippen LogP contribution is 2.26. The standard InChI is InChI=1S/C14H15FN2O2S/c1-7-13(20-9(3)16-7)8(2)17-14(19)12-10(15)5-4-6-11(12)18/h4-6,8,18H,1-3H3,(H,17,19). The van der Waals surface area contributed by atoms with E-state index in [1.807, 2.05) is 13.8 Å². The lowest BCUT2D eigenvalue weighted by Gasteiger charge is -2.14. The number of carbonyl (C=O) groups excluding carboxylic acids is 1. The number of nitrogens with zero attached hydrogens (tertiary/aromatic N) is 1. The molecule has 1 unspecified atom stereocenters. The van der Waals surface area contributed by atoms with Gasteiger partial charge in [-0.1, -0.05) is 6.07 Å². The predicted octanol–water partition coefficient (Wildman–Crippen LogP) is 3.10. The Kier molecular flexibility index (Phi) is 4.04. The maximum Gasteiger partial charge on any atom is 0.258 e. The van der Waals surface area contributed by atoms with Crippen molar-refractivity contribution in [3.05, 3.63) is 45.2 Å². The van der Waals surface area contributed by atoms with Crippen LogP contribution < -0.4 is 5.32 Å². The van der Waals surface area contributed by atoms with Crippen molar-refractivity contribution in [1.29, 1.82) is 0 Å². The molecule has 0 saturated carbocycles. The highest BCUT2D eigenvalue weighted by molar-refractivity contribution is 7.11. The summed E-state index contributed by atoms with van der Waals surface area (Å²) in [6.45, 7) is 5.55. The Morgan fingerprint density at radius 2 is 2.15 bits per heavy atom. The maximum atomic E-state index is 13.6. The van der Waals surface area contributed by atoms with Crippen LogP contribution in [0.25, 0.3) is 0 Å². The third-order valence-corrected chi connectivity index (χ3v) is 4.15. The first kappa shape index (κ1) is 14.5. The second-order valence-corrected chi connectivity index (χ2v) is 5.75. The van der Waals surface area contributed by atoms with Gasteiger partial charge in [-0.3, -0.25) is 4.79 Å². The van der Waals surface area contributed by atoms with Crippen LogP contribution in [-0.2, 0) is 0 Å². The molecule has 20 heavy (non-hydrogen) atoms. The van der Waals surface area contributed by atoms with Gasteiger partial charge in [0.1, 0.15) is 17.1 Å². The summed E-state index contributed by atoms with van der Waals surface area (Å²) < 4.78 is 13.6. The molecule has 2 aromatic rings. The minimum Gasteiger partial charge on any atom is -0.507 e. The van der Waals surface area contributed by atoms with Crippen molar-refractivity contribution in [3.63, 3.8) is 0 Å². The van der Waals surface area contributed by atoms with Gasteiger partial charge in [0.2, 0.25) is 0 Å². The van der Waals surface area contributed by atoms with Crippen LogP contribution in [0.5, 0.6) is 5.75 Å². The minimum absolute atomic E-state index is 0.298. The fourth-order valence-electron chi connectivity index (χ4n) is 2.02. The molecule has 106 valence electrons. The molecule has 1 atom stereocenters. The SMILES string of the molecule is Cc1nc(C)c(C(C)NC(=O)c2c(O)cccc2F)s1. The fraction of sp³-hybridized carbons (Fsp3) is 0.286. The zero-order valence-electron chi connectivity index (χ0n) is 11.4. The summed E-state index contributed by atoms with van der Waals surface area (Å²) in [6, 6.07) is 3.47. The Bertz CT molecular complexity index is 634. The van der Waals surface area contributed by atoms with Gasteiger partial charge >= 0.3 is 0 Å². The minimum atomic E-state index is -0.744. The van der Waals surface area contributed by atoms with Crippen LogP contribution in [0.4, 0.5) is 4.39 Å². The van der Waals surface area contributed by atoms with E-state index in [2.05, 4.69) is 10.3 Å². The van der Waals surface area contributed by atoms with E-state index in [-0.39, 0.29) is 17.4 Å². The van der Waals surface area contributed by atoms with Crippen molar-refractivity contribution in [2.24, 2.45) is 0 Å². The highest BCUT2D eigenvalue weighted by Gasteiger charge is 2.20. The number of aromatic nitrogens is 1. The van der Waals surface area contributed by atoms with Gasteiger partial charge in [0.25, 0.3) is 5.91 Å². The van der Waals surface area contributed by atoms with Crippen LogP contribution in [0.3, 0.4) is 0 Å². The predicted molar refractivity (Wildman–Crippen MR) is 75.5 cm³/mol. The van der Waals surface area contributed by atoms with E-state index in [4.69, 9.17) is 0 Å². The van der Waals surface area contributed by atoms with E-state index in [1.54, 1.807) is 6.92 Å². The molecule has 0 radical (unpaired) electrons. The molecule has 0 fully saturated rings. The lowest BCUT2D eigenvalue weighted by molar-refractivity contribution is 0.0933. The smallest absolute Gasteiger partial charge is 0.258 e. The molecule has 0 saturated heterocycles. The quantitative estimate of drug-likeness (QED) is 0.914. The van der Waals surface area contributed by atoms with Crippen molar-refractivity contribution >= 4 is 17.2 Å². The Balaban J connectivity index is 2.22. The Labute approximate surface area is 120 Å². The third-order valence-electron chi connectivity index (χ3n) is 2.90. The summed E-state index contributed by atoms with van der Waals surface area (Å²) in [5, 5.41) is 13.2. The van der Waals surface area contributed by atoms with Crippen molar-refractivity contribution in [3.8, 4) is 5.75 Å². The number of phenolic OH excluding ortho intramolecular Hbond substituents is 1. The first-order chi connectivity index (χ1) is 9.40. The van der Waals surface area contributed by atoms with E-state index in [0.29, 0.717) is 0 Å². The number of aromatic hydroxyl groups is 1. The normalized spacial score (nSPS) is 12.2. The average Bonchev–Trinajstić information content (AvgIpc) is 2.68. The highest BCUT2D eigenvalue weighted by atomic mass is 32.1. The summed E-state index contributed by atoms with van der Waals surface area (Å²) in [5.74, 6) is -1.75. The van der Waals surface area contributed by atoms with Gasteiger partial charge in [-0.2, -0.15) is 0 Å². The van der Waals surface area contributed by atoms with Crippen molar-refractivity contribution in [2.75, 3.05) is 0 Å². The number of phenols is 1. The molecule has 2 N–H and O–H groups in total. The number of nitrogens with one attached hydrogen (secondary N) is 1. The second kappa shape index (κ2) is 5.58. The molecule has 1 amide bonds. The van der Waals surface area contributed by atoms with Crippen LogP contribution in [0, 0.1) is 19.7 Å². The molecule has 0 aliphatic rings. The number of amides is 1. The Morgan fingerprint density at radius 3 is 2.70 bits per heavy atom. The van der Waals surface area contributed by atoms with Crippen molar-refractivity contribution in [1.82, 2.24) is 10.3 Å². The van der Waals surface area contributed by atoms with E-state index < -0.39 is 11.7 Å². The molecule has 1 aromatic heterocycles. The van der Waals surface area contributed by atoms with E-state index >= 15 is 0 Å². The summed E-state index contributed by atoms with van der Waals surface area (Å²) in [6.07, 6.45) is 0. The number of aryl methyl sites for hydroxylation is 2. The third kappa shape index (κ3) is 2.80. The van der Waals surface area contributed by atoms with Gasteiger partial charge in [-0.25, -0.2) is 9.37 Å². The van der Waals surface area contributed by atoms with Crippen molar-refractivity contribution < 1.29 is 14.3 Å². The van der Waals surface area contributed by atoms with Gasteiger partial charge in [-0.15, -0.1) is 11.3 Å². The number of benzene rings is 1. The first-order valence-corrected chi connectivity index (χ1v) is 6.94. The largest absolute Gasteiger partial charge is 0.507 e. The first-order valence-electron chi connectivity index (χ1n) is 6.12. The second-order valence-electron chi connectivity index (χ2n) is 4.51. The number of thiazole rings is 1. The van der Waals surface area contributed by atoms with Crippen LogP contribution in [-0.4, -0.2) is 16.0 Å². The monoisotopic (exact) mass is 294 g/mol. The summed E-state index contributed by atoms with van der Waals surface area (Å²) in [5.41, 5.74) is 0.510. The van der Waals surface area contributed by atoms with Crippen LogP contribution in [0.1, 0.15) is 38.9 Å². The lowest BCUT2D eigenvalue weighted by Crippen LogP contribution is -2.27. The van der Waals surface area contributed by atoms with Gasteiger partial charge < -0.3 is 10.4 Å². The molecular formula is C14H15FN2O2S. The van der Waals surface area contributed by atoms with Gasteiger partial charge in [0.05, 0.1) is 16.7 Å². The van der Waals surface area contributed by atoms with E-state index in [0.717, 1.165) is 21.6 Å². The zero-order chi connectivity index (χ0) is 14.9. The molecule has 0 aliphatic heterocycles. The van der Waals surface area contributed by atoms with Gasteiger partial charge in [0, 0.05) is 4.88 Å². The number of carbonyl (C=O) groups is 1. The summed E-state index contributed by atoms with van der Waals surface area (Å²) in [7, 11) is 0. The molecule has 0 aliphatic carbocycles. The molecule has 1 heterocycles. The lowest BCUT2D eigenvalue weighted by atomic mass is 10.1. The van der Waals surface area contributed by atoms with E-state index in [9.17, 15) is 14.3 Å². The number of rotatable bonds is 3. The summed E-state index contributed by atoms with van der Waals surface area (Å²) >= 11 is 1.49. The molecule has 0 spiro atoms. The summed E-state index contributed by atoms with van der Waals surface area (Å²) in [4.78, 5) is 17.3. The Morgan fingerprint density at radius 1 is 1.45 bits per heavy atom. The van der Waals surface area contributed by atoms with Crippen LogP contribution >= 0.6 is 11.3 Å². The average molecular weight is 294 g/mol. The van der Waals surface area contributed by atoms with Crippen LogP contribution in [0.15, 0.2) is 18.2 Å². The number of halogens is 1. The topological polar surface area (TPSA) is 62.2 Å². The molecule has 0 bridgehead atoms. The fourth-order valence-corrected chi connectivity index (χ4v) is 2.95. The number of hydrogen-bond donors (Lipinski definition) is 2. The molecule has 4 nitrogen and oxygen atoms in total. The van der Waals surface area contributed by atoms with Gasteiger partial charge in [-0.05, 0) is 32.9 Å². The Hall–Kier alpha value is -1.95.